The molecule has 0 aliphatic carbocycles. The fourth-order valence-electron chi connectivity index (χ4n) is 3.52. The van der Waals surface area contributed by atoms with E-state index < -0.39 is 11.3 Å². The highest BCUT2D eigenvalue weighted by Gasteiger charge is 2.27. The first kappa shape index (κ1) is 19.8. The molecule has 0 radical (unpaired) electrons. The first-order valence-corrected chi connectivity index (χ1v) is 9.22. The summed E-state index contributed by atoms with van der Waals surface area (Å²) in [6.07, 6.45) is 3.65. The van der Waals surface area contributed by atoms with E-state index in [4.69, 9.17) is 15.2 Å². The predicted molar refractivity (Wildman–Crippen MR) is 105 cm³/mol. The van der Waals surface area contributed by atoms with E-state index in [0.717, 1.165) is 24.0 Å². The number of hydrogen-bond donors (Lipinski definition) is 1. The van der Waals surface area contributed by atoms with E-state index in [-0.39, 0.29) is 11.6 Å². The minimum absolute atomic E-state index is 0.0339. The highest BCUT2D eigenvalue weighted by atomic mass is 16.5. The van der Waals surface area contributed by atoms with Crippen LogP contribution in [0.4, 0.5) is 0 Å². The summed E-state index contributed by atoms with van der Waals surface area (Å²) in [6.45, 7) is 3.06. The number of aromatic nitrogens is 1. The Balaban J connectivity index is 2.14. The molecule has 3 rings (SSSR count). The smallest absolute Gasteiger partial charge is 0.322 e. The Hall–Kier alpha value is -3.00. The van der Waals surface area contributed by atoms with Gasteiger partial charge in [0.25, 0.3) is 0 Å². The second kappa shape index (κ2) is 8.35. The number of rotatable bonds is 7. The zero-order valence-corrected chi connectivity index (χ0v) is 15.9. The van der Waals surface area contributed by atoms with Gasteiger partial charge in [-0.05, 0) is 43.5 Å². The van der Waals surface area contributed by atoms with Crippen LogP contribution in [0.2, 0.25) is 0 Å². The number of methoxy groups -OCH3 is 1. The van der Waals surface area contributed by atoms with Gasteiger partial charge in [-0.2, -0.15) is 0 Å². The van der Waals surface area contributed by atoms with Crippen LogP contribution in [-0.2, 0) is 6.42 Å². The van der Waals surface area contributed by atoms with Crippen LogP contribution in [0.15, 0.2) is 34.4 Å². The standard InChI is InChI=1S/C20H23N3O5/c1-3-13-7-12-8-19(28-6-4-5-21)18(27-2)9-14(12)16-10-17(24)15(11-23(13)16)20(25)22-26/h8-11,13H,3-7,21H2,1-2H3. The molecule has 2 heterocycles. The summed E-state index contributed by atoms with van der Waals surface area (Å²) in [6, 6.07) is 5.19. The zero-order chi connectivity index (χ0) is 20.3. The molecular weight excluding hydrogens is 362 g/mol. The second-order valence-electron chi connectivity index (χ2n) is 6.66. The monoisotopic (exact) mass is 385 g/mol. The van der Waals surface area contributed by atoms with E-state index in [9.17, 15) is 14.5 Å². The lowest BCUT2D eigenvalue weighted by molar-refractivity contribution is 0.0999. The third kappa shape index (κ3) is 3.55. The van der Waals surface area contributed by atoms with Gasteiger partial charge in [-0.15, -0.1) is 4.91 Å². The van der Waals surface area contributed by atoms with Gasteiger partial charge in [-0.3, -0.25) is 9.59 Å². The van der Waals surface area contributed by atoms with E-state index >= 15 is 0 Å². The molecular formula is C20H23N3O5. The maximum absolute atomic E-state index is 12.4. The van der Waals surface area contributed by atoms with Crippen molar-refractivity contribution in [1.29, 1.82) is 0 Å². The largest absolute Gasteiger partial charge is 0.493 e. The summed E-state index contributed by atoms with van der Waals surface area (Å²) < 4.78 is 13.2. The number of nitrogens with zero attached hydrogens (tertiary/aromatic N) is 2. The van der Waals surface area contributed by atoms with Gasteiger partial charge < -0.3 is 19.8 Å². The predicted octanol–water partition coefficient (Wildman–Crippen LogP) is 2.67. The third-order valence-electron chi connectivity index (χ3n) is 4.98. The number of fused-ring (bicyclic) bond motifs is 3. The lowest BCUT2D eigenvalue weighted by Gasteiger charge is -2.31. The van der Waals surface area contributed by atoms with Crippen molar-refractivity contribution in [3.8, 4) is 22.8 Å². The minimum Gasteiger partial charge on any atom is -0.493 e. The fraction of sp³-hybridized carbons (Fsp3) is 0.400. The molecule has 1 aromatic carbocycles. The van der Waals surface area contributed by atoms with Crippen molar-refractivity contribution in [2.24, 2.45) is 10.9 Å². The Kier molecular flexibility index (Phi) is 5.89. The quantitative estimate of drug-likeness (QED) is 0.579. The number of pyridine rings is 1. The lowest BCUT2D eigenvalue weighted by Crippen LogP contribution is -2.25. The molecule has 1 unspecified atom stereocenters. The first-order valence-electron chi connectivity index (χ1n) is 9.22. The van der Waals surface area contributed by atoms with Crippen molar-refractivity contribution in [2.75, 3.05) is 20.3 Å². The summed E-state index contributed by atoms with van der Waals surface area (Å²) in [5, 5.41) is 2.39. The van der Waals surface area contributed by atoms with Crippen molar-refractivity contribution in [3.05, 3.63) is 50.7 Å². The molecule has 0 fully saturated rings. The molecule has 0 saturated carbocycles. The molecule has 1 aliphatic heterocycles. The van der Waals surface area contributed by atoms with Crippen LogP contribution < -0.4 is 20.6 Å². The molecule has 8 heteroatoms. The van der Waals surface area contributed by atoms with Gasteiger partial charge in [-0.25, -0.2) is 0 Å². The van der Waals surface area contributed by atoms with Crippen LogP contribution in [0.5, 0.6) is 11.5 Å². The molecule has 0 bridgehead atoms. The lowest BCUT2D eigenvalue weighted by atomic mass is 9.90. The summed E-state index contributed by atoms with van der Waals surface area (Å²) in [5.41, 5.74) is 7.33. The molecule has 1 aromatic heterocycles. The van der Waals surface area contributed by atoms with Crippen molar-refractivity contribution in [3.63, 3.8) is 0 Å². The number of hydrogen-bond acceptors (Lipinski definition) is 6. The molecule has 1 aliphatic rings. The summed E-state index contributed by atoms with van der Waals surface area (Å²) in [4.78, 5) is 34.7. The number of benzene rings is 1. The van der Waals surface area contributed by atoms with E-state index in [1.807, 2.05) is 23.6 Å². The molecule has 1 amide bonds. The molecule has 2 aromatic rings. The third-order valence-corrected chi connectivity index (χ3v) is 4.98. The Morgan fingerprint density at radius 1 is 1.32 bits per heavy atom. The van der Waals surface area contributed by atoms with E-state index in [1.54, 1.807) is 7.11 Å². The molecule has 8 nitrogen and oxygen atoms in total. The van der Waals surface area contributed by atoms with Crippen LogP contribution in [0, 0.1) is 4.91 Å². The van der Waals surface area contributed by atoms with Crippen LogP contribution in [0.1, 0.15) is 41.7 Å². The maximum Gasteiger partial charge on any atom is 0.322 e. The average Bonchev–Trinajstić information content (AvgIpc) is 2.71. The van der Waals surface area contributed by atoms with Gasteiger partial charge >= 0.3 is 5.91 Å². The first-order chi connectivity index (χ1) is 13.5. The normalized spacial score (nSPS) is 14.8. The van der Waals surface area contributed by atoms with Crippen molar-refractivity contribution in [2.45, 2.75) is 32.2 Å². The summed E-state index contributed by atoms with van der Waals surface area (Å²) in [7, 11) is 1.56. The SMILES string of the molecule is CCC1Cc2cc(OCCCN)c(OC)cc2-c2cc(=O)c(C(=O)N=O)cn21. The summed E-state index contributed by atoms with van der Waals surface area (Å²) in [5.74, 6) is 0.138. The maximum atomic E-state index is 12.4. The zero-order valence-electron chi connectivity index (χ0n) is 15.9. The minimum atomic E-state index is -1.05. The highest BCUT2D eigenvalue weighted by Crippen LogP contribution is 2.41. The van der Waals surface area contributed by atoms with Crippen LogP contribution in [0.25, 0.3) is 11.3 Å². The number of nitrogens with two attached hydrogens (primary N) is 1. The highest BCUT2D eigenvalue weighted by molar-refractivity contribution is 5.94. The van der Waals surface area contributed by atoms with E-state index in [1.165, 1.54) is 12.3 Å². The fourth-order valence-corrected chi connectivity index (χ4v) is 3.52. The van der Waals surface area contributed by atoms with Crippen LogP contribution in [0.3, 0.4) is 0 Å². The number of carbonyl (C=O) groups excluding carboxylic acids is 1. The van der Waals surface area contributed by atoms with Gasteiger partial charge in [0, 0.05) is 29.0 Å². The van der Waals surface area contributed by atoms with Gasteiger partial charge in [0.15, 0.2) is 16.9 Å². The van der Waals surface area contributed by atoms with Crippen molar-refractivity contribution >= 4 is 5.91 Å². The number of carbonyl (C=O) groups is 1. The van der Waals surface area contributed by atoms with Crippen molar-refractivity contribution in [1.82, 2.24) is 4.57 Å². The molecule has 0 spiro atoms. The van der Waals surface area contributed by atoms with Crippen LogP contribution in [-0.4, -0.2) is 30.7 Å². The summed E-state index contributed by atoms with van der Waals surface area (Å²) >= 11 is 0. The van der Waals surface area contributed by atoms with E-state index in [2.05, 4.69) is 5.18 Å². The number of amides is 1. The van der Waals surface area contributed by atoms with Gasteiger partial charge in [0.1, 0.15) is 5.56 Å². The molecule has 148 valence electrons. The Labute approximate surface area is 162 Å². The Morgan fingerprint density at radius 3 is 2.75 bits per heavy atom. The van der Waals surface area contributed by atoms with Gasteiger partial charge in [0.2, 0.25) is 0 Å². The van der Waals surface area contributed by atoms with Gasteiger partial charge in [0.05, 0.1) is 19.4 Å². The molecule has 0 saturated heterocycles. The molecule has 2 N–H and O–H groups in total. The van der Waals surface area contributed by atoms with E-state index in [0.29, 0.717) is 36.8 Å². The van der Waals surface area contributed by atoms with Crippen molar-refractivity contribution < 1.29 is 14.3 Å². The van der Waals surface area contributed by atoms with Gasteiger partial charge in [-0.1, -0.05) is 6.92 Å². The molecule has 1 atom stereocenters. The van der Waals surface area contributed by atoms with Crippen LogP contribution >= 0.6 is 0 Å². The Morgan fingerprint density at radius 2 is 2.11 bits per heavy atom. The molecule has 28 heavy (non-hydrogen) atoms. The average molecular weight is 385 g/mol. The Bertz CT molecular complexity index is 967. The number of ether oxygens (including phenoxy) is 2. The topological polar surface area (TPSA) is 113 Å². The number of nitroso groups, excluding NO2 is 1. The second-order valence-corrected chi connectivity index (χ2v) is 6.66.